The van der Waals surface area contributed by atoms with Crippen molar-refractivity contribution in [2.75, 3.05) is 12.4 Å². The van der Waals surface area contributed by atoms with Crippen molar-refractivity contribution in [1.29, 1.82) is 0 Å². The fraction of sp³-hybridized carbons (Fsp3) is 0.385. The number of carbonyl (C=O) groups excluding carboxylic acids is 1. The number of benzene rings is 1. The van der Waals surface area contributed by atoms with E-state index in [0.29, 0.717) is 0 Å². The van der Waals surface area contributed by atoms with Crippen molar-refractivity contribution in [1.82, 2.24) is 0 Å². The summed E-state index contributed by atoms with van der Waals surface area (Å²) in [5, 5.41) is 22.7. The van der Waals surface area contributed by atoms with Gasteiger partial charge in [0.25, 0.3) is 0 Å². The Morgan fingerprint density at radius 3 is 2.47 bits per heavy atom. The number of ether oxygens (including phenoxy) is 1. The van der Waals surface area contributed by atoms with Crippen LogP contribution >= 0.6 is 0 Å². The highest BCUT2D eigenvalue weighted by Gasteiger charge is 2.20. The van der Waals surface area contributed by atoms with Gasteiger partial charge in [0, 0.05) is 12.8 Å². The highest BCUT2D eigenvalue weighted by Crippen LogP contribution is 2.20. The molecule has 6 nitrogen and oxygen atoms in total. The number of aromatic carboxylic acids is 1. The Labute approximate surface area is 111 Å². The van der Waals surface area contributed by atoms with Crippen LogP contribution in [-0.4, -0.2) is 30.2 Å². The van der Waals surface area contributed by atoms with Gasteiger partial charge >= 0.3 is 5.97 Å². The van der Waals surface area contributed by atoms with E-state index in [4.69, 9.17) is 9.84 Å². The molecular formula is C13H16NO5-. The van der Waals surface area contributed by atoms with Crippen molar-refractivity contribution in [3.8, 4) is 5.75 Å². The normalized spacial score (nSPS) is 13.6. The van der Waals surface area contributed by atoms with Gasteiger partial charge in [0.1, 0.15) is 0 Å². The highest BCUT2D eigenvalue weighted by atomic mass is 16.5. The van der Waals surface area contributed by atoms with Crippen LogP contribution in [0.25, 0.3) is 0 Å². The van der Waals surface area contributed by atoms with E-state index in [1.807, 2.05) is 0 Å². The summed E-state index contributed by atoms with van der Waals surface area (Å²) in [5.41, 5.74) is -0.0496. The van der Waals surface area contributed by atoms with Gasteiger partial charge in [0.15, 0.2) is 0 Å². The molecule has 1 aromatic rings. The summed E-state index contributed by atoms with van der Waals surface area (Å²) in [6, 6.07) is 3.64. The molecule has 0 fully saturated rings. The number of nitrogens with one attached hydrogen (secondary N) is 1. The van der Waals surface area contributed by atoms with Gasteiger partial charge in [-0.3, -0.25) is 4.79 Å². The molecule has 2 N–H and O–H groups in total. The summed E-state index contributed by atoms with van der Waals surface area (Å²) in [5.74, 6) is -2.61. The van der Waals surface area contributed by atoms with Crippen LogP contribution < -0.4 is 10.4 Å². The average molecular weight is 266 g/mol. The molecule has 1 rings (SSSR count). The molecule has 19 heavy (non-hydrogen) atoms. The molecule has 0 aliphatic rings. The van der Waals surface area contributed by atoms with Gasteiger partial charge in [-0.15, -0.1) is 0 Å². The van der Waals surface area contributed by atoms with E-state index in [1.54, 1.807) is 13.8 Å². The van der Waals surface area contributed by atoms with E-state index in [0.717, 1.165) is 6.07 Å². The molecule has 0 saturated heterocycles. The Kier molecular flexibility index (Phi) is 4.88. The van der Waals surface area contributed by atoms with Crippen LogP contribution in [0.1, 0.15) is 24.2 Å². The van der Waals surface area contributed by atoms with E-state index in [2.05, 4.69) is 5.32 Å². The standard InChI is InChI=1S/C13H17NO5/c1-7(8(2)19-3)12(16)14-9-4-5-10(13(17)18)11(15)6-9/h4-8,15H,1-3H3,(H,14,16)(H,17,18)/p-1/t7?,8-/m1/s1. The number of amides is 1. The topological polar surface area (TPSA) is 98.7 Å². The minimum absolute atomic E-state index is 0.259. The molecule has 0 saturated carbocycles. The number of anilines is 1. The highest BCUT2D eigenvalue weighted by molar-refractivity contribution is 5.95. The molecule has 0 spiro atoms. The molecule has 6 heteroatoms. The van der Waals surface area contributed by atoms with Crippen LogP contribution in [0.15, 0.2) is 18.2 Å². The summed E-state index contributed by atoms with van der Waals surface area (Å²) in [7, 11) is 1.51. The summed E-state index contributed by atoms with van der Waals surface area (Å²) >= 11 is 0. The predicted molar refractivity (Wildman–Crippen MR) is 67.1 cm³/mol. The molecule has 0 aromatic heterocycles. The molecule has 2 atom stereocenters. The lowest BCUT2D eigenvalue weighted by Crippen LogP contribution is -2.30. The third-order valence-corrected chi connectivity index (χ3v) is 2.97. The third-order valence-electron chi connectivity index (χ3n) is 2.97. The fourth-order valence-corrected chi connectivity index (χ4v) is 1.45. The van der Waals surface area contributed by atoms with Gasteiger partial charge in [0.05, 0.1) is 17.6 Å². The first-order valence-corrected chi connectivity index (χ1v) is 5.74. The minimum atomic E-state index is -1.29. The Morgan fingerprint density at radius 1 is 1.37 bits per heavy atom. The maximum atomic E-state index is 11.8. The molecule has 0 aliphatic heterocycles. The number of hydrogen-bond donors (Lipinski definition) is 2. The molecule has 1 unspecified atom stereocenters. The van der Waals surface area contributed by atoms with E-state index >= 15 is 0 Å². The zero-order valence-corrected chi connectivity index (χ0v) is 11.0. The van der Waals surface area contributed by atoms with Crippen molar-refractivity contribution < 1.29 is 24.5 Å². The molecule has 0 heterocycles. The van der Waals surface area contributed by atoms with Crippen molar-refractivity contribution in [3.63, 3.8) is 0 Å². The fourth-order valence-electron chi connectivity index (χ4n) is 1.45. The van der Waals surface area contributed by atoms with E-state index in [9.17, 15) is 14.7 Å². The molecule has 0 aliphatic carbocycles. The van der Waals surface area contributed by atoms with Crippen molar-refractivity contribution in [2.24, 2.45) is 5.92 Å². The average Bonchev–Trinajstić information content (AvgIpc) is 2.36. The van der Waals surface area contributed by atoms with Crippen molar-refractivity contribution in [3.05, 3.63) is 23.8 Å². The Balaban J connectivity index is 2.81. The third kappa shape index (κ3) is 3.69. The maximum Gasteiger partial charge on any atom is 0.335 e. The number of hydrogen-bond acceptors (Lipinski definition) is 4. The van der Waals surface area contributed by atoms with Crippen molar-refractivity contribution in [2.45, 2.75) is 20.0 Å². The molecule has 104 valence electrons. The van der Waals surface area contributed by atoms with E-state index in [1.165, 1.54) is 19.2 Å². The number of carbonyl (C=O) groups is 2. The van der Waals surface area contributed by atoms with E-state index < -0.39 is 11.7 Å². The predicted octanol–water partition coefficient (Wildman–Crippen LogP) is 1.07. The van der Waals surface area contributed by atoms with Crippen molar-refractivity contribution >= 4 is 17.6 Å². The lowest BCUT2D eigenvalue weighted by Gasteiger charge is -2.19. The summed E-state index contributed by atoms with van der Waals surface area (Å²) in [6.45, 7) is 3.46. The summed E-state index contributed by atoms with van der Waals surface area (Å²) in [4.78, 5) is 22.5. The van der Waals surface area contributed by atoms with Gasteiger partial charge in [-0.1, -0.05) is 12.7 Å². The molecule has 0 radical (unpaired) electrons. The summed E-state index contributed by atoms with van der Waals surface area (Å²) in [6.07, 6.45) is -0.259. The lowest BCUT2D eigenvalue weighted by atomic mass is 10.1. The monoisotopic (exact) mass is 266 g/mol. The van der Waals surface area contributed by atoms with Gasteiger partial charge in [-0.05, 0) is 25.1 Å². The van der Waals surface area contributed by atoms with Crippen LogP contribution in [-0.2, 0) is 9.53 Å². The first-order chi connectivity index (χ1) is 8.86. The second-order valence-electron chi connectivity index (χ2n) is 4.23. The second kappa shape index (κ2) is 6.19. The first kappa shape index (κ1) is 15.0. The molecule has 1 amide bonds. The first-order valence-electron chi connectivity index (χ1n) is 5.74. The van der Waals surface area contributed by atoms with Crippen LogP contribution in [0.4, 0.5) is 5.69 Å². The van der Waals surface area contributed by atoms with Crippen LogP contribution in [0.2, 0.25) is 0 Å². The number of carboxylic acids is 1. The Bertz CT molecular complexity index is 486. The van der Waals surface area contributed by atoms with Gasteiger partial charge < -0.3 is 20.3 Å². The van der Waals surface area contributed by atoms with Crippen LogP contribution in [0.5, 0.6) is 5.75 Å². The van der Waals surface area contributed by atoms with Gasteiger partial charge in [-0.25, -0.2) is 4.79 Å². The van der Waals surface area contributed by atoms with Gasteiger partial charge in [-0.2, -0.15) is 0 Å². The largest absolute Gasteiger partial charge is 0.872 e. The van der Waals surface area contributed by atoms with Crippen LogP contribution in [0.3, 0.4) is 0 Å². The second-order valence-corrected chi connectivity index (χ2v) is 4.23. The number of carboxylic acid groups (broad SMARTS) is 1. The summed E-state index contributed by atoms with van der Waals surface area (Å²) < 4.78 is 5.04. The zero-order chi connectivity index (χ0) is 14.6. The minimum Gasteiger partial charge on any atom is -0.872 e. The molecular weight excluding hydrogens is 250 g/mol. The lowest BCUT2D eigenvalue weighted by molar-refractivity contribution is -0.268. The SMILES string of the molecule is CO[C@H](C)C(C)C(=O)Nc1ccc(C(=O)O)c([O-])c1. The Hall–Kier alpha value is -2.08. The van der Waals surface area contributed by atoms with Gasteiger partial charge in [0.2, 0.25) is 5.91 Å². The van der Waals surface area contributed by atoms with E-state index in [-0.39, 0.29) is 29.2 Å². The Morgan fingerprint density at radius 2 is 2.00 bits per heavy atom. The number of methoxy groups -OCH3 is 1. The zero-order valence-electron chi connectivity index (χ0n) is 11.0. The molecule has 0 bridgehead atoms. The smallest absolute Gasteiger partial charge is 0.335 e. The quantitative estimate of drug-likeness (QED) is 0.830. The maximum absolute atomic E-state index is 11.8. The van der Waals surface area contributed by atoms with Crippen LogP contribution in [0, 0.1) is 5.92 Å². The number of rotatable bonds is 5. The molecule has 1 aromatic carbocycles.